The molecule has 1 unspecified atom stereocenters. The number of hydrogen-bond acceptors (Lipinski definition) is 3. The Labute approximate surface area is 102 Å². The van der Waals surface area contributed by atoms with Crippen LogP contribution in [0.2, 0.25) is 0 Å². The fourth-order valence-corrected chi connectivity index (χ4v) is 1.85. The molecule has 17 heavy (non-hydrogen) atoms. The molecular formula is C12H23NO4. The number of hydrogen-bond donors (Lipinski definition) is 2. The molecule has 0 aromatic heterocycles. The van der Waals surface area contributed by atoms with Gasteiger partial charge in [-0.3, -0.25) is 14.5 Å². The quantitative estimate of drug-likeness (QED) is 0.646. The molecule has 0 aliphatic rings. The van der Waals surface area contributed by atoms with Crippen LogP contribution in [0.25, 0.3) is 0 Å². The van der Waals surface area contributed by atoms with E-state index in [1.54, 1.807) is 4.90 Å². The van der Waals surface area contributed by atoms with Crippen molar-refractivity contribution in [3.63, 3.8) is 0 Å². The van der Waals surface area contributed by atoms with Gasteiger partial charge in [0.1, 0.15) is 6.04 Å². The van der Waals surface area contributed by atoms with Gasteiger partial charge >= 0.3 is 11.9 Å². The fourth-order valence-electron chi connectivity index (χ4n) is 1.85. The van der Waals surface area contributed by atoms with Crippen molar-refractivity contribution < 1.29 is 19.8 Å². The summed E-state index contributed by atoms with van der Waals surface area (Å²) in [7, 11) is 0. The molecule has 2 N–H and O–H groups in total. The molecular weight excluding hydrogens is 222 g/mol. The molecule has 0 radical (unpaired) electrons. The zero-order valence-electron chi connectivity index (χ0n) is 10.8. The number of aliphatic carboxylic acids is 2. The second-order valence-electron chi connectivity index (χ2n) is 4.56. The summed E-state index contributed by atoms with van der Waals surface area (Å²) < 4.78 is 0. The van der Waals surface area contributed by atoms with E-state index in [1.165, 1.54) is 0 Å². The van der Waals surface area contributed by atoms with E-state index in [2.05, 4.69) is 0 Å². The van der Waals surface area contributed by atoms with E-state index in [-0.39, 0.29) is 12.3 Å². The van der Waals surface area contributed by atoms with Gasteiger partial charge in [-0.25, -0.2) is 0 Å². The molecule has 0 aromatic rings. The van der Waals surface area contributed by atoms with E-state index >= 15 is 0 Å². The summed E-state index contributed by atoms with van der Waals surface area (Å²) in [5.41, 5.74) is 0. The third-order valence-electron chi connectivity index (χ3n) is 2.69. The van der Waals surface area contributed by atoms with Gasteiger partial charge in [-0.2, -0.15) is 0 Å². The molecule has 0 heterocycles. The van der Waals surface area contributed by atoms with Crippen LogP contribution in [-0.4, -0.2) is 46.2 Å². The van der Waals surface area contributed by atoms with Crippen molar-refractivity contribution in [2.75, 3.05) is 13.1 Å². The van der Waals surface area contributed by atoms with Crippen LogP contribution in [0.1, 0.15) is 40.0 Å². The molecule has 0 aliphatic carbocycles. The molecule has 5 heteroatoms. The molecule has 0 saturated carbocycles. The predicted octanol–water partition coefficient (Wildman–Crippen LogP) is 1.67. The lowest BCUT2D eigenvalue weighted by Crippen LogP contribution is -2.46. The highest BCUT2D eigenvalue weighted by Gasteiger charge is 2.28. The largest absolute Gasteiger partial charge is 0.481 e. The average Bonchev–Trinajstić information content (AvgIpc) is 2.20. The minimum absolute atomic E-state index is 0.0137. The summed E-state index contributed by atoms with van der Waals surface area (Å²) in [4.78, 5) is 23.5. The van der Waals surface area contributed by atoms with Crippen LogP contribution < -0.4 is 0 Å². The number of unbranched alkanes of at least 4 members (excludes halogenated alkanes) is 1. The molecule has 0 aromatic carbocycles. The maximum absolute atomic E-state index is 11.2. The lowest BCUT2D eigenvalue weighted by atomic mass is 10.0. The van der Waals surface area contributed by atoms with Crippen LogP contribution in [0.15, 0.2) is 0 Å². The normalized spacial score (nSPS) is 13.0. The third kappa shape index (κ3) is 6.26. The highest BCUT2D eigenvalue weighted by molar-refractivity contribution is 5.74. The first kappa shape index (κ1) is 15.9. The Hall–Kier alpha value is -1.10. The smallest absolute Gasteiger partial charge is 0.321 e. The minimum Gasteiger partial charge on any atom is -0.481 e. The van der Waals surface area contributed by atoms with Crippen molar-refractivity contribution in [1.82, 2.24) is 4.90 Å². The Morgan fingerprint density at radius 1 is 1.18 bits per heavy atom. The van der Waals surface area contributed by atoms with Crippen molar-refractivity contribution in [1.29, 1.82) is 0 Å². The molecule has 100 valence electrons. The topological polar surface area (TPSA) is 77.8 Å². The van der Waals surface area contributed by atoms with E-state index in [9.17, 15) is 14.7 Å². The number of rotatable bonds is 9. The van der Waals surface area contributed by atoms with Gasteiger partial charge in [-0.05, 0) is 18.9 Å². The van der Waals surface area contributed by atoms with Gasteiger partial charge in [-0.15, -0.1) is 0 Å². The summed E-state index contributed by atoms with van der Waals surface area (Å²) in [5.74, 6) is -1.79. The number of carboxylic acids is 2. The lowest BCUT2D eigenvalue weighted by Gasteiger charge is -2.30. The van der Waals surface area contributed by atoms with E-state index in [0.29, 0.717) is 13.1 Å². The van der Waals surface area contributed by atoms with Crippen molar-refractivity contribution >= 4 is 11.9 Å². The maximum Gasteiger partial charge on any atom is 0.321 e. The number of carbonyl (C=O) groups is 2. The van der Waals surface area contributed by atoms with Crippen LogP contribution in [0.3, 0.4) is 0 Å². The van der Waals surface area contributed by atoms with E-state index in [1.807, 2.05) is 20.8 Å². The second kappa shape index (κ2) is 8.06. The van der Waals surface area contributed by atoms with Gasteiger partial charge in [0.25, 0.3) is 0 Å². The lowest BCUT2D eigenvalue weighted by molar-refractivity contribution is -0.146. The first-order chi connectivity index (χ1) is 7.90. The van der Waals surface area contributed by atoms with Gasteiger partial charge in [0.05, 0.1) is 6.42 Å². The van der Waals surface area contributed by atoms with Gasteiger partial charge in [0, 0.05) is 6.54 Å². The SMILES string of the molecule is CCCCN(CCC(=O)O)C(C(=O)O)C(C)C. The maximum atomic E-state index is 11.2. The summed E-state index contributed by atoms with van der Waals surface area (Å²) in [6.45, 7) is 6.65. The Morgan fingerprint density at radius 3 is 2.12 bits per heavy atom. The van der Waals surface area contributed by atoms with E-state index in [0.717, 1.165) is 12.8 Å². The molecule has 0 bridgehead atoms. The minimum atomic E-state index is -0.889. The standard InChI is InChI=1S/C12H23NO4/c1-4-5-7-13(8-6-10(14)15)11(9(2)3)12(16)17/h9,11H,4-8H2,1-3H3,(H,14,15)(H,16,17). The van der Waals surface area contributed by atoms with E-state index in [4.69, 9.17) is 5.11 Å². The summed E-state index contributed by atoms with van der Waals surface area (Å²) in [5, 5.41) is 17.9. The fraction of sp³-hybridized carbons (Fsp3) is 0.833. The third-order valence-corrected chi connectivity index (χ3v) is 2.69. The Balaban J connectivity index is 4.60. The molecule has 0 fully saturated rings. The van der Waals surface area contributed by atoms with Crippen molar-refractivity contribution in [3.05, 3.63) is 0 Å². The Kier molecular flexibility index (Phi) is 7.54. The summed E-state index contributed by atoms with van der Waals surface area (Å²) in [6.07, 6.45) is 1.84. The molecule has 0 amide bonds. The van der Waals surface area contributed by atoms with Crippen molar-refractivity contribution in [2.45, 2.75) is 46.1 Å². The Morgan fingerprint density at radius 2 is 1.76 bits per heavy atom. The molecule has 0 rings (SSSR count). The highest BCUT2D eigenvalue weighted by atomic mass is 16.4. The molecule has 0 saturated heterocycles. The van der Waals surface area contributed by atoms with Gasteiger partial charge < -0.3 is 10.2 Å². The van der Waals surface area contributed by atoms with Gasteiger partial charge in [-0.1, -0.05) is 27.2 Å². The molecule has 1 atom stereocenters. The predicted molar refractivity (Wildman–Crippen MR) is 65.0 cm³/mol. The van der Waals surface area contributed by atoms with Crippen LogP contribution in [0, 0.1) is 5.92 Å². The zero-order chi connectivity index (χ0) is 13.4. The first-order valence-corrected chi connectivity index (χ1v) is 6.08. The average molecular weight is 245 g/mol. The second-order valence-corrected chi connectivity index (χ2v) is 4.56. The summed E-state index contributed by atoms with van der Waals surface area (Å²) >= 11 is 0. The van der Waals surface area contributed by atoms with Crippen molar-refractivity contribution in [3.8, 4) is 0 Å². The highest BCUT2D eigenvalue weighted by Crippen LogP contribution is 2.13. The van der Waals surface area contributed by atoms with Crippen molar-refractivity contribution in [2.24, 2.45) is 5.92 Å². The Bertz CT molecular complexity index is 253. The van der Waals surface area contributed by atoms with E-state index < -0.39 is 18.0 Å². The number of nitrogens with zero attached hydrogens (tertiary/aromatic N) is 1. The van der Waals surface area contributed by atoms with Gasteiger partial charge in [0.15, 0.2) is 0 Å². The number of carboxylic acid groups (broad SMARTS) is 2. The summed E-state index contributed by atoms with van der Waals surface area (Å²) in [6, 6.07) is -0.596. The monoisotopic (exact) mass is 245 g/mol. The van der Waals surface area contributed by atoms with Crippen LogP contribution in [0.5, 0.6) is 0 Å². The molecule has 0 aliphatic heterocycles. The van der Waals surface area contributed by atoms with Gasteiger partial charge in [0.2, 0.25) is 0 Å². The zero-order valence-corrected chi connectivity index (χ0v) is 10.8. The van der Waals surface area contributed by atoms with Crippen LogP contribution >= 0.6 is 0 Å². The van der Waals surface area contributed by atoms with Crippen LogP contribution in [0.4, 0.5) is 0 Å². The first-order valence-electron chi connectivity index (χ1n) is 6.08. The molecule has 5 nitrogen and oxygen atoms in total. The molecule has 0 spiro atoms. The van der Waals surface area contributed by atoms with Crippen LogP contribution in [-0.2, 0) is 9.59 Å².